The van der Waals surface area contributed by atoms with E-state index >= 15 is 0 Å². The van der Waals surface area contributed by atoms with Crippen LogP contribution in [0.1, 0.15) is 144 Å². The van der Waals surface area contributed by atoms with Gasteiger partial charge < -0.3 is 33.5 Å². The highest BCUT2D eigenvalue weighted by molar-refractivity contribution is 6.74. The Bertz CT molecular complexity index is 1220. The monoisotopic (exact) mass is 788 g/mol. The van der Waals surface area contributed by atoms with Crippen molar-refractivity contribution in [3.05, 3.63) is 11.1 Å². The summed E-state index contributed by atoms with van der Waals surface area (Å²) in [4.78, 5) is 40.2. The summed E-state index contributed by atoms with van der Waals surface area (Å²) in [5.74, 6) is -1.02. The lowest BCUT2D eigenvalue weighted by Crippen LogP contribution is -2.58. The molecule has 0 aromatic rings. The van der Waals surface area contributed by atoms with Crippen molar-refractivity contribution in [3.8, 4) is 0 Å². The molecule has 1 amide bonds. The van der Waals surface area contributed by atoms with Crippen LogP contribution in [-0.2, 0) is 32.7 Å². The second-order valence-electron chi connectivity index (χ2n) is 18.8. The van der Waals surface area contributed by atoms with E-state index in [1.165, 1.54) is 6.92 Å². The van der Waals surface area contributed by atoms with Gasteiger partial charge in [0, 0.05) is 12.3 Å². The standard InChI is InChI=1S/C41H81NO9Si2/c1-22-33(50-52(20,21)39(14,15)16)40(17,18)36(45)41(19,48-31(10)43)29(8)28(7)30(9)47-35(44)34(51-53(23-2,24-3)25-4)32(26-27(5)6)42-37(46)49-38(11,12)13/h27,30,32-34,36,45H,22-26H2,1-21H3,(H,42,46)/b29-28+/t30-,32-,33?,34?,36+,41-/m0/s1. The lowest BCUT2D eigenvalue weighted by atomic mass is 9.70. The number of rotatable bonds is 20. The topological polar surface area (TPSA) is 130 Å². The van der Waals surface area contributed by atoms with Crippen LogP contribution in [0.3, 0.4) is 0 Å². The number of hydrogen-bond donors (Lipinski definition) is 2. The molecule has 0 saturated heterocycles. The van der Waals surface area contributed by atoms with Crippen LogP contribution in [-0.4, -0.2) is 81.4 Å². The normalized spacial score (nSPS) is 17.9. The van der Waals surface area contributed by atoms with Crippen LogP contribution in [0.4, 0.5) is 4.79 Å². The molecule has 0 radical (unpaired) electrons. The van der Waals surface area contributed by atoms with Crippen LogP contribution in [0.25, 0.3) is 0 Å². The van der Waals surface area contributed by atoms with Gasteiger partial charge in [0.2, 0.25) is 0 Å². The van der Waals surface area contributed by atoms with Gasteiger partial charge in [-0.25, -0.2) is 9.59 Å². The lowest BCUT2D eigenvalue weighted by Gasteiger charge is -2.50. The summed E-state index contributed by atoms with van der Waals surface area (Å²) < 4.78 is 31.6. The molecule has 312 valence electrons. The molecule has 0 fully saturated rings. The first kappa shape index (κ1) is 51.3. The van der Waals surface area contributed by atoms with Crippen LogP contribution < -0.4 is 5.32 Å². The molecule has 6 atom stereocenters. The highest BCUT2D eigenvalue weighted by Crippen LogP contribution is 2.45. The van der Waals surface area contributed by atoms with Crippen molar-refractivity contribution in [2.45, 2.75) is 222 Å². The van der Waals surface area contributed by atoms with Gasteiger partial charge in [-0.15, -0.1) is 0 Å². The predicted octanol–water partition coefficient (Wildman–Crippen LogP) is 10.1. The molecule has 2 unspecified atom stereocenters. The Kier molecular flexibility index (Phi) is 19.3. The summed E-state index contributed by atoms with van der Waals surface area (Å²) in [6, 6.07) is 1.69. The van der Waals surface area contributed by atoms with Gasteiger partial charge in [0.25, 0.3) is 0 Å². The molecular formula is C41H81NO9Si2. The van der Waals surface area contributed by atoms with E-state index in [4.69, 9.17) is 23.1 Å². The van der Waals surface area contributed by atoms with Crippen molar-refractivity contribution in [1.82, 2.24) is 5.32 Å². The van der Waals surface area contributed by atoms with Crippen molar-refractivity contribution < 1.29 is 42.6 Å². The van der Waals surface area contributed by atoms with Gasteiger partial charge in [0.05, 0.1) is 12.1 Å². The molecule has 10 nitrogen and oxygen atoms in total. The van der Waals surface area contributed by atoms with Crippen LogP contribution in [0.2, 0.25) is 36.3 Å². The molecule has 0 heterocycles. The van der Waals surface area contributed by atoms with Gasteiger partial charge >= 0.3 is 18.0 Å². The van der Waals surface area contributed by atoms with Crippen LogP contribution >= 0.6 is 0 Å². The summed E-state index contributed by atoms with van der Waals surface area (Å²) in [7, 11) is -4.62. The number of carbonyl (C=O) groups is 3. The van der Waals surface area contributed by atoms with E-state index in [9.17, 15) is 19.5 Å². The highest BCUT2D eigenvalue weighted by atomic mass is 28.4. The maximum absolute atomic E-state index is 14.4. The van der Waals surface area contributed by atoms with Crippen LogP contribution in [0, 0.1) is 11.3 Å². The maximum Gasteiger partial charge on any atom is 0.407 e. The predicted molar refractivity (Wildman–Crippen MR) is 221 cm³/mol. The number of aliphatic hydroxyl groups is 1. The van der Waals surface area contributed by atoms with E-state index in [0.29, 0.717) is 24.0 Å². The summed E-state index contributed by atoms with van der Waals surface area (Å²) in [6.07, 6.45) is -2.88. The van der Waals surface area contributed by atoms with Crippen molar-refractivity contribution >= 4 is 34.7 Å². The Balaban J connectivity index is 7.10. The fourth-order valence-electron chi connectivity index (χ4n) is 6.63. The van der Waals surface area contributed by atoms with Crippen LogP contribution in [0.5, 0.6) is 0 Å². The number of amides is 1. The summed E-state index contributed by atoms with van der Waals surface area (Å²) in [5.41, 5.74) is -1.86. The third-order valence-corrected chi connectivity index (χ3v) is 20.7. The zero-order valence-electron chi connectivity index (χ0n) is 37.7. The van der Waals surface area contributed by atoms with Crippen molar-refractivity contribution in [2.24, 2.45) is 11.3 Å². The minimum Gasteiger partial charge on any atom is -0.456 e. The average Bonchev–Trinajstić information content (AvgIpc) is 3.00. The minimum absolute atomic E-state index is 0.0436. The molecule has 0 aromatic heterocycles. The molecule has 2 N–H and O–H groups in total. The number of aliphatic hydroxyl groups excluding tert-OH is 1. The number of esters is 2. The van der Waals surface area contributed by atoms with E-state index in [1.54, 1.807) is 41.5 Å². The number of ether oxygens (including phenoxy) is 3. The summed E-state index contributed by atoms with van der Waals surface area (Å²) in [5, 5.41) is 15.2. The summed E-state index contributed by atoms with van der Waals surface area (Å²) in [6.45, 7) is 41.0. The number of carbonyl (C=O) groups excluding carboxylic acids is 3. The van der Waals surface area contributed by atoms with Crippen LogP contribution in [0.15, 0.2) is 11.1 Å². The number of alkyl carbamates (subject to hydrolysis) is 1. The van der Waals surface area contributed by atoms with Crippen molar-refractivity contribution in [3.63, 3.8) is 0 Å². The number of hydrogen-bond acceptors (Lipinski definition) is 9. The fraction of sp³-hybridized carbons (Fsp3) is 0.878. The average molecular weight is 788 g/mol. The summed E-state index contributed by atoms with van der Waals surface area (Å²) >= 11 is 0. The largest absolute Gasteiger partial charge is 0.456 e. The second kappa shape index (κ2) is 19.9. The van der Waals surface area contributed by atoms with E-state index in [2.05, 4.69) is 60.0 Å². The fourth-order valence-corrected chi connectivity index (χ4v) is 11.0. The molecule has 12 heteroatoms. The molecule has 0 spiro atoms. The van der Waals surface area contributed by atoms with Crippen molar-refractivity contribution in [1.29, 1.82) is 0 Å². The minimum atomic E-state index is -2.39. The molecule has 0 saturated carbocycles. The first-order valence-electron chi connectivity index (χ1n) is 19.9. The van der Waals surface area contributed by atoms with E-state index in [0.717, 1.165) is 18.1 Å². The van der Waals surface area contributed by atoms with Gasteiger partial charge in [-0.1, -0.05) is 76.2 Å². The first-order chi connectivity index (χ1) is 23.8. The zero-order valence-corrected chi connectivity index (χ0v) is 39.7. The van der Waals surface area contributed by atoms with E-state index in [-0.39, 0.29) is 17.1 Å². The molecule has 0 aliphatic carbocycles. The maximum atomic E-state index is 14.4. The Morgan fingerprint density at radius 3 is 1.64 bits per heavy atom. The second-order valence-corrected chi connectivity index (χ2v) is 28.2. The Labute approximate surface area is 326 Å². The third-order valence-electron chi connectivity index (χ3n) is 11.6. The quantitative estimate of drug-likeness (QED) is 0.0536. The molecule has 53 heavy (non-hydrogen) atoms. The lowest BCUT2D eigenvalue weighted by molar-refractivity contribution is -0.179. The Morgan fingerprint density at radius 1 is 0.774 bits per heavy atom. The highest BCUT2D eigenvalue weighted by Gasteiger charge is 2.52. The number of nitrogens with one attached hydrogen (secondary N) is 1. The zero-order chi connectivity index (χ0) is 42.1. The van der Waals surface area contributed by atoms with Gasteiger partial charge in [-0.05, 0) is 115 Å². The van der Waals surface area contributed by atoms with Gasteiger partial charge in [0.1, 0.15) is 17.8 Å². The van der Waals surface area contributed by atoms with E-state index < -0.39 is 75.6 Å². The Morgan fingerprint density at radius 2 is 1.26 bits per heavy atom. The molecular weight excluding hydrogens is 707 g/mol. The Hall–Kier alpha value is -1.74. The SMILES string of the molecule is CCC(O[Si](C)(C)C(C)(C)C)C(C)(C)[C@@H](O)[C@@](C)(OC(C)=O)/C(C)=C(\C)[C@H](C)OC(=O)C(O[Si](CC)(CC)CC)[C@H](CC(C)C)NC(=O)OC(C)(C)C. The van der Waals surface area contributed by atoms with Crippen molar-refractivity contribution in [2.75, 3.05) is 0 Å². The van der Waals surface area contributed by atoms with Gasteiger partial charge in [0.15, 0.2) is 28.3 Å². The molecule has 0 aliphatic heterocycles. The molecule has 0 aromatic carbocycles. The molecule has 0 aliphatic rings. The molecule has 0 rings (SSSR count). The van der Waals surface area contributed by atoms with E-state index in [1.807, 2.05) is 41.5 Å². The smallest absolute Gasteiger partial charge is 0.407 e. The first-order valence-corrected chi connectivity index (χ1v) is 25.4. The molecule has 0 bridgehead atoms. The third kappa shape index (κ3) is 14.4. The van der Waals surface area contributed by atoms with Gasteiger partial charge in [-0.2, -0.15) is 0 Å². The van der Waals surface area contributed by atoms with Gasteiger partial charge in [-0.3, -0.25) is 4.79 Å².